The second-order valence-electron chi connectivity index (χ2n) is 6.73. The minimum atomic E-state index is 0.569. The van der Waals surface area contributed by atoms with E-state index in [2.05, 4.69) is 46.4 Å². The first kappa shape index (κ1) is 17.2. The Morgan fingerprint density at radius 1 is 1.00 bits per heavy atom. The Morgan fingerprint density at radius 3 is 2.68 bits per heavy atom. The highest BCUT2D eigenvalue weighted by atomic mass is 32.1. The van der Waals surface area contributed by atoms with Crippen LogP contribution in [0.25, 0.3) is 15.5 Å². The average Bonchev–Trinajstić information content (AvgIpc) is 3.30. The zero-order chi connectivity index (χ0) is 18.9. The molecule has 0 unspecified atom stereocenters. The lowest BCUT2D eigenvalue weighted by Gasteiger charge is -2.18. The zero-order valence-corrected chi connectivity index (χ0v) is 16.2. The highest BCUT2D eigenvalue weighted by molar-refractivity contribution is 7.19. The van der Waals surface area contributed by atoms with Gasteiger partial charge in [-0.25, -0.2) is 0 Å². The lowest BCUT2D eigenvalue weighted by atomic mass is 10.2. The highest BCUT2D eigenvalue weighted by Gasteiger charge is 2.17. The first-order valence-electron chi connectivity index (χ1n) is 9.10. The molecule has 28 heavy (non-hydrogen) atoms. The first-order valence-corrected chi connectivity index (χ1v) is 9.91. The third-order valence-electron chi connectivity index (χ3n) is 4.55. The van der Waals surface area contributed by atoms with Crippen molar-refractivity contribution in [1.82, 2.24) is 24.7 Å². The molecule has 0 N–H and O–H groups in total. The van der Waals surface area contributed by atoms with Gasteiger partial charge in [-0.1, -0.05) is 41.7 Å². The van der Waals surface area contributed by atoms with Crippen LogP contribution >= 0.6 is 11.3 Å². The number of hydrogen-bond acceptors (Lipinski definition) is 7. The summed E-state index contributed by atoms with van der Waals surface area (Å²) in [7, 11) is 2.07. The molecule has 0 saturated heterocycles. The van der Waals surface area contributed by atoms with E-state index in [0.717, 1.165) is 39.4 Å². The molecule has 2 aromatic heterocycles. The molecule has 8 heteroatoms. The summed E-state index contributed by atoms with van der Waals surface area (Å²) in [5.41, 5.74) is 2.25. The molecule has 0 fully saturated rings. The number of aromatic nitrogens is 4. The van der Waals surface area contributed by atoms with E-state index >= 15 is 0 Å². The van der Waals surface area contributed by atoms with Gasteiger partial charge in [0.25, 0.3) is 0 Å². The summed E-state index contributed by atoms with van der Waals surface area (Å²) in [5.74, 6) is 2.37. The Kier molecular flexibility index (Phi) is 4.42. The summed E-state index contributed by atoms with van der Waals surface area (Å²) < 4.78 is 13.1. The van der Waals surface area contributed by atoms with Crippen molar-refractivity contribution in [2.45, 2.75) is 13.1 Å². The number of benzene rings is 2. The molecule has 2 aromatic carbocycles. The first-order chi connectivity index (χ1) is 13.8. The number of hydrogen-bond donors (Lipinski definition) is 0. The molecule has 0 spiro atoms. The van der Waals surface area contributed by atoms with Gasteiger partial charge in [0.05, 0.1) is 6.54 Å². The van der Waals surface area contributed by atoms with Crippen LogP contribution in [0.3, 0.4) is 0 Å². The van der Waals surface area contributed by atoms with Gasteiger partial charge in [0.2, 0.25) is 4.96 Å². The summed E-state index contributed by atoms with van der Waals surface area (Å²) in [6, 6.07) is 16.3. The van der Waals surface area contributed by atoms with Crippen molar-refractivity contribution >= 4 is 16.3 Å². The second-order valence-corrected chi connectivity index (χ2v) is 7.69. The quantitative estimate of drug-likeness (QED) is 0.519. The van der Waals surface area contributed by atoms with Crippen molar-refractivity contribution in [2.75, 3.05) is 20.3 Å². The third kappa shape index (κ3) is 3.32. The lowest BCUT2D eigenvalue weighted by Crippen LogP contribution is -2.19. The molecule has 0 aliphatic carbocycles. The van der Waals surface area contributed by atoms with E-state index in [1.807, 2.05) is 28.8 Å². The minimum Gasteiger partial charge on any atom is -0.486 e. The van der Waals surface area contributed by atoms with E-state index in [1.165, 1.54) is 16.9 Å². The van der Waals surface area contributed by atoms with Crippen LogP contribution in [0.15, 0.2) is 48.5 Å². The van der Waals surface area contributed by atoms with Gasteiger partial charge in [-0.2, -0.15) is 9.61 Å². The Balaban J connectivity index is 1.38. The van der Waals surface area contributed by atoms with E-state index in [-0.39, 0.29) is 0 Å². The van der Waals surface area contributed by atoms with E-state index < -0.39 is 0 Å². The van der Waals surface area contributed by atoms with Gasteiger partial charge >= 0.3 is 0 Å². The van der Waals surface area contributed by atoms with Crippen LogP contribution in [-0.4, -0.2) is 45.0 Å². The minimum absolute atomic E-state index is 0.569. The number of nitrogens with zero attached hydrogens (tertiary/aromatic N) is 5. The summed E-state index contributed by atoms with van der Waals surface area (Å²) >= 11 is 1.52. The van der Waals surface area contributed by atoms with Crippen LogP contribution in [-0.2, 0) is 13.1 Å². The maximum Gasteiger partial charge on any atom is 0.235 e. The van der Waals surface area contributed by atoms with E-state index in [4.69, 9.17) is 14.6 Å². The molecule has 3 heterocycles. The fourth-order valence-corrected chi connectivity index (χ4v) is 4.10. The zero-order valence-electron chi connectivity index (χ0n) is 15.4. The maximum absolute atomic E-state index is 5.68. The molecule has 0 amide bonds. The fraction of sp³-hybridized carbons (Fsp3) is 0.250. The Bertz CT molecular complexity index is 1110. The molecule has 0 radical (unpaired) electrons. The topological polar surface area (TPSA) is 64.8 Å². The van der Waals surface area contributed by atoms with Crippen molar-refractivity contribution < 1.29 is 9.47 Å². The Hall–Kier alpha value is -2.97. The van der Waals surface area contributed by atoms with Crippen molar-refractivity contribution in [1.29, 1.82) is 0 Å². The summed E-state index contributed by atoms with van der Waals surface area (Å²) in [6.45, 7) is 2.66. The van der Waals surface area contributed by atoms with Crippen LogP contribution in [0.1, 0.15) is 11.4 Å². The second kappa shape index (κ2) is 7.21. The van der Waals surface area contributed by atoms with Gasteiger partial charge < -0.3 is 9.47 Å². The SMILES string of the molecule is CN(Cc1ccccc1)Cc1nnc2sc(-c3ccc4c(c3)OCCO4)nn12. The van der Waals surface area contributed by atoms with E-state index in [0.29, 0.717) is 19.8 Å². The lowest BCUT2D eigenvalue weighted by molar-refractivity contribution is 0.171. The van der Waals surface area contributed by atoms with Crippen molar-refractivity contribution in [3.63, 3.8) is 0 Å². The molecule has 4 aromatic rings. The predicted molar refractivity (Wildman–Crippen MR) is 107 cm³/mol. The molecular formula is C20H19N5O2S. The molecule has 1 aliphatic heterocycles. The van der Waals surface area contributed by atoms with Crippen molar-refractivity contribution in [2.24, 2.45) is 0 Å². The Morgan fingerprint density at radius 2 is 1.82 bits per heavy atom. The Labute approximate surface area is 166 Å². The van der Waals surface area contributed by atoms with E-state index in [1.54, 1.807) is 0 Å². The molecule has 0 saturated carbocycles. The molecule has 0 bridgehead atoms. The van der Waals surface area contributed by atoms with Crippen LogP contribution in [0.2, 0.25) is 0 Å². The van der Waals surface area contributed by atoms with Crippen LogP contribution in [0, 0.1) is 0 Å². The summed E-state index contributed by atoms with van der Waals surface area (Å²) in [5, 5.41) is 14.2. The molecule has 7 nitrogen and oxygen atoms in total. The molecule has 142 valence electrons. The van der Waals surface area contributed by atoms with Crippen LogP contribution < -0.4 is 9.47 Å². The normalized spacial score (nSPS) is 13.4. The van der Waals surface area contributed by atoms with Crippen molar-refractivity contribution in [3.8, 4) is 22.1 Å². The summed E-state index contributed by atoms with van der Waals surface area (Å²) in [6.07, 6.45) is 0. The van der Waals surface area contributed by atoms with Gasteiger partial charge in [0, 0.05) is 12.1 Å². The van der Waals surface area contributed by atoms with Crippen LogP contribution in [0.4, 0.5) is 0 Å². The van der Waals surface area contributed by atoms with Gasteiger partial charge in [0.15, 0.2) is 17.3 Å². The molecule has 5 rings (SSSR count). The number of fused-ring (bicyclic) bond motifs is 2. The van der Waals surface area contributed by atoms with Gasteiger partial charge in [-0.15, -0.1) is 10.2 Å². The molecule has 0 atom stereocenters. The average molecular weight is 393 g/mol. The standard InChI is InChI=1S/C20H19N5O2S/c1-24(12-14-5-3-2-4-6-14)13-18-21-22-20-25(18)23-19(28-20)15-7-8-16-17(11-15)27-10-9-26-16/h2-8,11H,9-10,12-13H2,1H3. The van der Waals surface area contributed by atoms with Gasteiger partial charge in [0.1, 0.15) is 18.2 Å². The smallest absolute Gasteiger partial charge is 0.235 e. The third-order valence-corrected chi connectivity index (χ3v) is 5.50. The maximum atomic E-state index is 5.68. The molecular weight excluding hydrogens is 374 g/mol. The number of ether oxygens (including phenoxy) is 2. The van der Waals surface area contributed by atoms with Gasteiger partial charge in [-0.3, -0.25) is 4.90 Å². The van der Waals surface area contributed by atoms with E-state index in [9.17, 15) is 0 Å². The van der Waals surface area contributed by atoms with Crippen molar-refractivity contribution in [3.05, 3.63) is 59.9 Å². The number of rotatable bonds is 5. The van der Waals surface area contributed by atoms with Gasteiger partial charge in [-0.05, 0) is 30.8 Å². The highest BCUT2D eigenvalue weighted by Crippen LogP contribution is 2.35. The fourth-order valence-electron chi connectivity index (χ4n) is 3.24. The largest absolute Gasteiger partial charge is 0.486 e. The monoisotopic (exact) mass is 393 g/mol. The summed E-state index contributed by atoms with van der Waals surface area (Å²) in [4.78, 5) is 2.99. The predicted octanol–water partition coefficient (Wildman–Crippen LogP) is 3.26. The van der Waals surface area contributed by atoms with Crippen LogP contribution in [0.5, 0.6) is 11.5 Å². The molecule has 1 aliphatic rings.